The number of aryl methyl sites for hydroxylation is 1. The third kappa shape index (κ3) is 6.16. The van der Waals surface area contributed by atoms with Gasteiger partial charge in [-0.2, -0.15) is 5.10 Å². The fraction of sp³-hybridized carbons (Fsp3) is 0.333. The molecular weight excluding hydrogens is 494 g/mol. The minimum absolute atomic E-state index is 0.0432. The number of carbonyl (C=O) groups excluding carboxylic acids is 2. The summed E-state index contributed by atoms with van der Waals surface area (Å²) >= 11 is 0. The molecule has 0 radical (unpaired) electrons. The summed E-state index contributed by atoms with van der Waals surface area (Å²) in [6, 6.07) is 16.9. The summed E-state index contributed by atoms with van der Waals surface area (Å²) in [6.45, 7) is 8.27. The van der Waals surface area contributed by atoms with E-state index in [1.54, 1.807) is 16.6 Å². The maximum Gasteiger partial charge on any atom is 0.274 e. The highest BCUT2D eigenvalue weighted by Crippen LogP contribution is 2.27. The SMILES string of the molecule is Cc1ccc(-c2cn3nc(-c4ccc(C(=O)NOC5CCCCO5)cc4)ccc3n2)cc1NC(=O)C(C)(C)C. The number of hydrogen-bond donors (Lipinski definition) is 2. The Balaban J connectivity index is 1.31. The van der Waals surface area contributed by atoms with Gasteiger partial charge in [0, 0.05) is 40.8 Å². The molecule has 2 amide bonds. The van der Waals surface area contributed by atoms with E-state index in [4.69, 9.17) is 19.7 Å². The summed E-state index contributed by atoms with van der Waals surface area (Å²) in [6.07, 6.45) is 4.27. The zero-order chi connectivity index (χ0) is 27.6. The number of carbonyl (C=O) groups is 2. The smallest absolute Gasteiger partial charge is 0.274 e. The number of anilines is 1. The lowest BCUT2D eigenvalue weighted by Gasteiger charge is -2.22. The first-order valence-electron chi connectivity index (χ1n) is 13.1. The minimum atomic E-state index is -0.495. The molecule has 0 aliphatic carbocycles. The molecule has 4 aromatic rings. The first kappa shape index (κ1) is 26.5. The molecule has 1 fully saturated rings. The lowest BCUT2D eigenvalue weighted by molar-refractivity contribution is -0.186. The average Bonchev–Trinajstić information content (AvgIpc) is 3.36. The lowest BCUT2D eigenvalue weighted by atomic mass is 9.95. The topological polar surface area (TPSA) is 107 Å². The molecule has 1 aliphatic rings. The third-order valence-electron chi connectivity index (χ3n) is 6.65. The van der Waals surface area contributed by atoms with Gasteiger partial charge in [-0.1, -0.05) is 45.0 Å². The fourth-order valence-electron chi connectivity index (χ4n) is 4.18. The van der Waals surface area contributed by atoms with Gasteiger partial charge in [0.2, 0.25) is 5.91 Å². The van der Waals surface area contributed by atoms with Crippen molar-refractivity contribution in [2.45, 2.75) is 53.2 Å². The standard InChI is InChI=1S/C30H33N5O4/c1-19-8-9-22(17-24(19)32-29(37)30(2,3)4)25-18-35-26(31-25)15-14-23(33-35)20-10-12-21(13-11-20)28(36)34-39-27-7-5-6-16-38-27/h8-15,17-18,27H,5-7,16H2,1-4H3,(H,32,37)(H,34,36). The molecular formula is C30H33N5O4. The predicted molar refractivity (Wildman–Crippen MR) is 149 cm³/mol. The molecule has 1 aliphatic heterocycles. The number of ether oxygens (including phenoxy) is 1. The molecule has 3 heterocycles. The Morgan fingerprint density at radius 2 is 1.77 bits per heavy atom. The minimum Gasteiger partial charge on any atom is -0.350 e. The fourth-order valence-corrected chi connectivity index (χ4v) is 4.18. The Labute approximate surface area is 227 Å². The van der Waals surface area contributed by atoms with E-state index in [1.807, 2.05) is 76.4 Å². The van der Waals surface area contributed by atoms with Crippen LogP contribution in [0.4, 0.5) is 5.69 Å². The average molecular weight is 528 g/mol. The van der Waals surface area contributed by atoms with Gasteiger partial charge < -0.3 is 10.1 Å². The van der Waals surface area contributed by atoms with Crippen LogP contribution in [-0.2, 0) is 14.4 Å². The van der Waals surface area contributed by atoms with Crippen LogP contribution in [-0.4, -0.2) is 39.3 Å². The van der Waals surface area contributed by atoms with Crippen LogP contribution in [0.1, 0.15) is 56.0 Å². The van der Waals surface area contributed by atoms with Crippen LogP contribution in [0, 0.1) is 12.3 Å². The molecule has 0 saturated carbocycles. The monoisotopic (exact) mass is 527 g/mol. The number of amides is 2. The van der Waals surface area contributed by atoms with Crippen molar-refractivity contribution in [1.82, 2.24) is 20.1 Å². The van der Waals surface area contributed by atoms with Crippen molar-refractivity contribution >= 4 is 23.1 Å². The zero-order valence-electron chi connectivity index (χ0n) is 22.7. The van der Waals surface area contributed by atoms with E-state index >= 15 is 0 Å². The van der Waals surface area contributed by atoms with Crippen molar-refractivity contribution in [2.24, 2.45) is 5.41 Å². The van der Waals surface area contributed by atoms with Crippen LogP contribution in [0.25, 0.3) is 28.2 Å². The van der Waals surface area contributed by atoms with Gasteiger partial charge in [-0.05, 0) is 55.7 Å². The van der Waals surface area contributed by atoms with Crippen LogP contribution in [0.15, 0.2) is 60.8 Å². The second-order valence-corrected chi connectivity index (χ2v) is 10.8. The molecule has 2 N–H and O–H groups in total. The van der Waals surface area contributed by atoms with Gasteiger partial charge in [-0.25, -0.2) is 19.8 Å². The molecule has 0 spiro atoms. The number of fused-ring (bicyclic) bond motifs is 1. The summed E-state index contributed by atoms with van der Waals surface area (Å²) in [4.78, 5) is 35.1. The number of nitrogens with one attached hydrogen (secondary N) is 2. The maximum absolute atomic E-state index is 12.5. The van der Waals surface area contributed by atoms with Crippen LogP contribution in [0.3, 0.4) is 0 Å². The zero-order valence-corrected chi connectivity index (χ0v) is 22.7. The van der Waals surface area contributed by atoms with E-state index in [1.165, 1.54) is 0 Å². The molecule has 9 heteroatoms. The van der Waals surface area contributed by atoms with E-state index in [0.29, 0.717) is 17.8 Å². The van der Waals surface area contributed by atoms with E-state index in [0.717, 1.165) is 53.0 Å². The summed E-state index contributed by atoms with van der Waals surface area (Å²) < 4.78 is 7.21. The predicted octanol–water partition coefficient (Wildman–Crippen LogP) is 5.54. The quantitative estimate of drug-likeness (QED) is 0.319. The molecule has 2 aromatic carbocycles. The van der Waals surface area contributed by atoms with Gasteiger partial charge in [-0.15, -0.1) is 0 Å². The van der Waals surface area contributed by atoms with Gasteiger partial charge in [0.15, 0.2) is 11.9 Å². The lowest BCUT2D eigenvalue weighted by Crippen LogP contribution is -2.33. The van der Waals surface area contributed by atoms with Gasteiger partial charge in [0.1, 0.15) is 0 Å². The van der Waals surface area contributed by atoms with Crippen molar-refractivity contribution in [3.8, 4) is 22.5 Å². The van der Waals surface area contributed by atoms with Gasteiger partial charge in [-0.3, -0.25) is 9.59 Å². The Morgan fingerprint density at radius 3 is 2.49 bits per heavy atom. The number of rotatable bonds is 6. The molecule has 39 heavy (non-hydrogen) atoms. The Morgan fingerprint density at radius 1 is 1.00 bits per heavy atom. The summed E-state index contributed by atoms with van der Waals surface area (Å²) in [5.74, 6) is -0.368. The number of benzene rings is 2. The summed E-state index contributed by atoms with van der Waals surface area (Å²) in [5.41, 5.74) is 8.15. The van der Waals surface area contributed by atoms with Crippen molar-refractivity contribution in [3.63, 3.8) is 0 Å². The van der Waals surface area contributed by atoms with Crippen molar-refractivity contribution in [3.05, 3.63) is 71.9 Å². The summed E-state index contributed by atoms with van der Waals surface area (Å²) in [7, 11) is 0. The van der Waals surface area contributed by atoms with E-state index < -0.39 is 11.7 Å². The number of hydroxylamine groups is 1. The van der Waals surface area contributed by atoms with Crippen molar-refractivity contribution in [1.29, 1.82) is 0 Å². The third-order valence-corrected chi connectivity index (χ3v) is 6.65. The molecule has 0 bridgehead atoms. The summed E-state index contributed by atoms with van der Waals surface area (Å²) in [5, 5.41) is 7.76. The van der Waals surface area contributed by atoms with Gasteiger partial charge >= 0.3 is 0 Å². The molecule has 9 nitrogen and oxygen atoms in total. The number of hydrogen-bond acceptors (Lipinski definition) is 6. The van der Waals surface area contributed by atoms with Crippen LogP contribution in [0.5, 0.6) is 0 Å². The van der Waals surface area contributed by atoms with E-state index in [-0.39, 0.29) is 11.8 Å². The molecule has 1 atom stereocenters. The van der Waals surface area contributed by atoms with Crippen molar-refractivity contribution in [2.75, 3.05) is 11.9 Å². The number of imidazole rings is 1. The van der Waals surface area contributed by atoms with E-state index in [9.17, 15) is 9.59 Å². The second-order valence-electron chi connectivity index (χ2n) is 10.8. The first-order valence-corrected chi connectivity index (χ1v) is 13.1. The number of aromatic nitrogens is 3. The van der Waals surface area contributed by atoms with Gasteiger partial charge in [0.05, 0.1) is 17.6 Å². The highest BCUT2D eigenvalue weighted by atomic mass is 16.8. The Hall–Kier alpha value is -4.08. The van der Waals surface area contributed by atoms with Crippen molar-refractivity contribution < 1.29 is 19.2 Å². The molecule has 202 valence electrons. The van der Waals surface area contributed by atoms with Crippen LogP contribution >= 0.6 is 0 Å². The Kier molecular flexibility index (Phi) is 7.45. The highest BCUT2D eigenvalue weighted by Gasteiger charge is 2.22. The van der Waals surface area contributed by atoms with E-state index in [2.05, 4.69) is 10.8 Å². The first-order chi connectivity index (χ1) is 18.7. The number of nitrogens with zero attached hydrogens (tertiary/aromatic N) is 3. The van der Waals surface area contributed by atoms with Crippen LogP contribution in [0.2, 0.25) is 0 Å². The normalized spacial score (nSPS) is 15.7. The largest absolute Gasteiger partial charge is 0.350 e. The van der Waals surface area contributed by atoms with Gasteiger partial charge in [0.25, 0.3) is 5.91 Å². The molecule has 1 saturated heterocycles. The molecule has 1 unspecified atom stereocenters. The highest BCUT2D eigenvalue weighted by molar-refractivity contribution is 5.96. The van der Waals surface area contributed by atoms with Crippen LogP contribution < -0.4 is 10.8 Å². The maximum atomic E-state index is 12.5. The second kappa shape index (κ2) is 11.0. The Bertz CT molecular complexity index is 1500. The molecule has 5 rings (SSSR count). The molecule has 2 aromatic heterocycles.